The molecule has 0 bridgehead atoms. The average Bonchev–Trinajstić information content (AvgIpc) is 4.09. The van der Waals surface area contributed by atoms with Gasteiger partial charge in [0.25, 0.3) is 0 Å². The van der Waals surface area contributed by atoms with Gasteiger partial charge in [-0.3, -0.25) is 0 Å². The van der Waals surface area contributed by atoms with Gasteiger partial charge in [-0.2, -0.15) is 0 Å². The summed E-state index contributed by atoms with van der Waals surface area (Å²) < 4.78 is 9.18. The number of furan rings is 1. The SMILES string of the molecule is C1=c2c(-c3ccc4oc5ccc(-c6ccccc6)cc5c4c3)cc3c4c2=C2c5c(cc(-c6cccc(N(c7ccccc7)c7ccccc7)c6)cc5N(c5ccccc5)C2C1)-c1cccc(c14)n3-c1cccc2ccccc12. The van der Waals surface area contributed by atoms with Crippen LogP contribution in [-0.4, -0.2) is 10.6 Å². The second-order valence-electron chi connectivity index (χ2n) is 21.1. The molecule has 3 heterocycles. The topological polar surface area (TPSA) is 24.6 Å². The minimum atomic E-state index is 0.0577. The van der Waals surface area contributed by atoms with Crippen molar-refractivity contribution in [2.24, 2.45) is 0 Å². The summed E-state index contributed by atoms with van der Waals surface area (Å²) in [6.45, 7) is 0. The second-order valence-corrected chi connectivity index (χ2v) is 21.1. The molecule has 17 rings (SSSR count). The molecule has 1 atom stereocenters. The van der Waals surface area contributed by atoms with Gasteiger partial charge < -0.3 is 18.8 Å². The van der Waals surface area contributed by atoms with Crippen LogP contribution >= 0.6 is 0 Å². The first-order valence-corrected chi connectivity index (χ1v) is 27.1. The molecule has 1 aliphatic heterocycles. The molecule has 2 aromatic heterocycles. The average molecular weight is 994 g/mol. The van der Waals surface area contributed by atoms with Crippen molar-refractivity contribution >= 4 is 94.6 Å². The van der Waals surface area contributed by atoms with Crippen LogP contribution in [0, 0.1) is 0 Å². The zero-order chi connectivity index (χ0) is 51.0. The molecule has 0 spiro atoms. The maximum Gasteiger partial charge on any atom is 0.135 e. The third-order valence-corrected chi connectivity index (χ3v) is 16.9. The van der Waals surface area contributed by atoms with Gasteiger partial charge >= 0.3 is 0 Å². The minimum absolute atomic E-state index is 0.0577. The van der Waals surface area contributed by atoms with Gasteiger partial charge in [-0.15, -0.1) is 0 Å². The molecule has 0 saturated heterocycles. The third-order valence-electron chi connectivity index (χ3n) is 16.9. The van der Waals surface area contributed by atoms with Gasteiger partial charge in [-0.1, -0.05) is 164 Å². The van der Waals surface area contributed by atoms with E-state index in [4.69, 9.17) is 4.42 Å². The monoisotopic (exact) mass is 993 g/mol. The van der Waals surface area contributed by atoms with Crippen LogP contribution in [0.3, 0.4) is 0 Å². The van der Waals surface area contributed by atoms with Crippen LogP contribution in [0.2, 0.25) is 0 Å². The lowest BCUT2D eigenvalue weighted by atomic mass is 9.86. The van der Waals surface area contributed by atoms with Crippen LogP contribution in [0.5, 0.6) is 0 Å². The molecule has 364 valence electrons. The Morgan fingerprint density at radius 3 is 1.81 bits per heavy atom. The molecule has 0 saturated carbocycles. The zero-order valence-electron chi connectivity index (χ0n) is 42.4. The van der Waals surface area contributed by atoms with E-state index in [0.717, 1.165) is 51.0 Å². The van der Waals surface area contributed by atoms with Crippen LogP contribution < -0.4 is 20.2 Å². The van der Waals surface area contributed by atoms with Crippen molar-refractivity contribution in [3.63, 3.8) is 0 Å². The highest BCUT2D eigenvalue weighted by molar-refractivity contribution is 6.22. The summed E-state index contributed by atoms with van der Waals surface area (Å²) in [5.41, 5.74) is 23.5. The number of aromatic nitrogens is 1. The molecule has 2 aliphatic carbocycles. The van der Waals surface area contributed by atoms with Crippen molar-refractivity contribution in [1.29, 1.82) is 0 Å². The van der Waals surface area contributed by atoms with E-state index in [-0.39, 0.29) is 6.04 Å². The van der Waals surface area contributed by atoms with Crippen LogP contribution in [0.25, 0.3) is 116 Å². The lowest BCUT2D eigenvalue weighted by Gasteiger charge is -2.29. The molecule has 12 aromatic carbocycles. The van der Waals surface area contributed by atoms with Crippen molar-refractivity contribution in [3.05, 3.63) is 277 Å². The Bertz CT molecular complexity index is 4900. The molecule has 4 nitrogen and oxygen atoms in total. The number of hydrogen-bond acceptors (Lipinski definition) is 3. The third kappa shape index (κ3) is 6.29. The molecule has 0 N–H and O–H groups in total. The largest absolute Gasteiger partial charge is 0.456 e. The maximum atomic E-state index is 6.61. The van der Waals surface area contributed by atoms with Crippen LogP contribution in [-0.2, 0) is 0 Å². The first kappa shape index (κ1) is 43.1. The number of rotatable bonds is 8. The van der Waals surface area contributed by atoms with Crippen molar-refractivity contribution in [1.82, 2.24) is 4.57 Å². The summed E-state index contributed by atoms with van der Waals surface area (Å²) in [5, 5.41) is 9.92. The van der Waals surface area contributed by atoms with Gasteiger partial charge in [0.15, 0.2) is 0 Å². The van der Waals surface area contributed by atoms with Gasteiger partial charge in [-0.05, 0) is 175 Å². The molecule has 1 unspecified atom stereocenters. The molecule has 78 heavy (non-hydrogen) atoms. The lowest BCUT2D eigenvalue weighted by Crippen LogP contribution is -2.40. The van der Waals surface area contributed by atoms with Crippen molar-refractivity contribution in [3.8, 4) is 50.2 Å². The summed E-state index contributed by atoms with van der Waals surface area (Å²) in [5.74, 6) is 0. The second kappa shape index (κ2) is 16.7. The van der Waals surface area contributed by atoms with E-state index in [9.17, 15) is 0 Å². The van der Waals surface area contributed by atoms with E-state index in [1.165, 1.54) is 110 Å². The fraction of sp³-hybridized carbons (Fsp3) is 0.0270. The fourth-order valence-corrected chi connectivity index (χ4v) is 13.6. The highest BCUT2D eigenvalue weighted by Gasteiger charge is 2.41. The number of nitrogens with zero attached hydrogens (tertiary/aromatic N) is 3. The smallest absolute Gasteiger partial charge is 0.135 e. The molecule has 0 fully saturated rings. The quantitative estimate of drug-likeness (QED) is 0.152. The summed E-state index contributed by atoms with van der Waals surface area (Å²) in [6.07, 6.45) is 3.41. The Morgan fingerprint density at radius 1 is 0.397 bits per heavy atom. The summed E-state index contributed by atoms with van der Waals surface area (Å²) in [4.78, 5) is 5.01. The molecular weight excluding hydrogens is 947 g/mol. The summed E-state index contributed by atoms with van der Waals surface area (Å²) in [7, 11) is 0. The molecule has 3 aliphatic rings. The van der Waals surface area contributed by atoms with E-state index < -0.39 is 0 Å². The van der Waals surface area contributed by atoms with Gasteiger partial charge in [-0.25, -0.2) is 0 Å². The molecule has 0 radical (unpaired) electrons. The Morgan fingerprint density at radius 2 is 1.03 bits per heavy atom. The highest BCUT2D eigenvalue weighted by atomic mass is 16.3. The number of fused-ring (bicyclic) bond motifs is 5. The maximum absolute atomic E-state index is 6.61. The molecule has 4 heteroatoms. The summed E-state index contributed by atoms with van der Waals surface area (Å²) >= 11 is 0. The fourth-order valence-electron chi connectivity index (χ4n) is 13.6. The van der Waals surface area contributed by atoms with Crippen LogP contribution in [0.15, 0.2) is 265 Å². The van der Waals surface area contributed by atoms with E-state index in [2.05, 4.69) is 281 Å². The first-order valence-electron chi connectivity index (χ1n) is 27.1. The Hall–Kier alpha value is -10.2. The van der Waals surface area contributed by atoms with Crippen molar-refractivity contribution in [2.45, 2.75) is 12.5 Å². The van der Waals surface area contributed by atoms with Crippen molar-refractivity contribution < 1.29 is 4.42 Å². The van der Waals surface area contributed by atoms with Gasteiger partial charge in [0.1, 0.15) is 11.2 Å². The molecule has 0 amide bonds. The predicted octanol–water partition coefficient (Wildman–Crippen LogP) is 18.2. The number of hydrogen-bond donors (Lipinski definition) is 0. The van der Waals surface area contributed by atoms with Crippen molar-refractivity contribution in [2.75, 3.05) is 9.80 Å². The van der Waals surface area contributed by atoms with E-state index in [0.29, 0.717) is 0 Å². The zero-order valence-corrected chi connectivity index (χ0v) is 42.4. The normalized spacial score (nSPS) is 14.0. The summed E-state index contributed by atoms with van der Waals surface area (Å²) in [6, 6.07) is 96.0. The lowest BCUT2D eigenvalue weighted by molar-refractivity contribution is 0.669. The van der Waals surface area contributed by atoms with Crippen LogP contribution in [0.1, 0.15) is 12.0 Å². The number of para-hydroxylation sites is 3. The van der Waals surface area contributed by atoms with E-state index >= 15 is 0 Å². The van der Waals surface area contributed by atoms with Gasteiger partial charge in [0.2, 0.25) is 0 Å². The minimum Gasteiger partial charge on any atom is -0.456 e. The van der Waals surface area contributed by atoms with E-state index in [1.807, 2.05) is 0 Å². The highest BCUT2D eigenvalue weighted by Crippen LogP contribution is 2.55. The first-order chi connectivity index (χ1) is 38.7. The Balaban J connectivity index is 0.976. The van der Waals surface area contributed by atoms with Crippen LogP contribution in [0.4, 0.5) is 28.4 Å². The Labute approximate surface area is 450 Å². The molecule has 14 aromatic rings. The molecular formula is C74H47N3O. The number of anilines is 5. The van der Waals surface area contributed by atoms with E-state index in [1.54, 1.807) is 0 Å². The van der Waals surface area contributed by atoms with Gasteiger partial charge in [0.05, 0.1) is 28.5 Å². The number of benzene rings is 12. The predicted molar refractivity (Wildman–Crippen MR) is 325 cm³/mol. The van der Waals surface area contributed by atoms with Gasteiger partial charge in [0, 0.05) is 55.2 Å². The standard InChI is InChI=1S/C74H47N3O/c1-5-18-46(19-6-1)49-34-38-68-60(41-49)61-42-50(35-39-69(61)78-68)59-45-67-74-70-57(31-17-33-64(70)77(67)63-32-16-21-47-20-13-14-30-56(47)63)62-43-51(44-66-71(62)73-65(37-36-58(59)72(73)74)76(66)54-27-11-4-12-28-54)48-22-15-29-55(40-48)75(52-23-7-2-8-24-52)53-25-9-3-10-26-53/h1-36,38-45,65H,37H2. The Kier molecular flexibility index (Phi) is 9.21.